The summed E-state index contributed by atoms with van der Waals surface area (Å²) in [6.45, 7) is 1.77. The van der Waals surface area contributed by atoms with E-state index in [4.69, 9.17) is 74.4 Å². The fourth-order valence-electron chi connectivity index (χ4n) is 2.20. The highest BCUT2D eigenvalue weighted by Crippen LogP contribution is 2.34. The second-order valence-electron chi connectivity index (χ2n) is 4.87. The molecule has 8 nitrogen and oxygen atoms in total. The van der Waals surface area contributed by atoms with Crippen molar-refractivity contribution in [1.29, 1.82) is 0 Å². The van der Waals surface area contributed by atoms with Gasteiger partial charge in [0.05, 0.1) is 0 Å². The third-order valence-electron chi connectivity index (χ3n) is 3.15. The van der Waals surface area contributed by atoms with Crippen LogP contribution in [0.15, 0.2) is 0 Å². The Kier molecular flexibility index (Phi) is 12.3. The van der Waals surface area contributed by atoms with Crippen molar-refractivity contribution in [1.82, 2.24) is 20.4 Å². The van der Waals surface area contributed by atoms with Gasteiger partial charge in [0.1, 0.15) is 12.3 Å². The number of carbonyl (C=O) groups excluding carboxylic acids is 3. The summed E-state index contributed by atoms with van der Waals surface area (Å²) in [5, 5.41) is 4.31. The molecule has 3 amide bonds. The highest BCUT2D eigenvalue weighted by molar-refractivity contribution is 7.96. The number of nitrogens with one attached hydrogen (secondary N) is 2. The summed E-state index contributed by atoms with van der Waals surface area (Å²) in [7, 11) is 0. The van der Waals surface area contributed by atoms with E-state index in [1.54, 1.807) is 9.80 Å². The van der Waals surface area contributed by atoms with E-state index < -0.39 is 25.2 Å². The molecule has 0 spiro atoms. The van der Waals surface area contributed by atoms with Gasteiger partial charge in [-0.1, -0.05) is 82.2 Å². The molecule has 152 valence electrons. The second kappa shape index (κ2) is 12.1. The summed E-state index contributed by atoms with van der Waals surface area (Å²) in [5.41, 5.74) is 4.34. The van der Waals surface area contributed by atoms with E-state index in [2.05, 4.69) is 29.0 Å². The molecule has 1 fully saturated rings. The van der Waals surface area contributed by atoms with Crippen LogP contribution in [0.1, 0.15) is 0 Å². The normalized spacial score (nSPS) is 18.7. The van der Waals surface area contributed by atoms with Crippen LogP contribution < -0.4 is 16.4 Å². The first kappa shape index (κ1) is 26.4. The summed E-state index contributed by atoms with van der Waals surface area (Å²) in [6.07, 6.45) is -0.613. The first-order chi connectivity index (χ1) is 11.8. The Morgan fingerprint density at radius 2 is 1.12 bits per heavy atom. The molecule has 0 aliphatic carbocycles. The molecule has 4 N–H and O–H groups in total. The molecule has 0 bridgehead atoms. The van der Waals surface area contributed by atoms with E-state index in [1.807, 2.05) is 0 Å². The molecular weight excluding hydrogens is 495 g/mol. The van der Waals surface area contributed by atoms with Crippen molar-refractivity contribution in [3.8, 4) is 0 Å². The molecule has 0 aromatic heterocycles. The number of halogens is 6. The van der Waals surface area contributed by atoms with Crippen LogP contribution in [-0.2, 0) is 9.59 Å². The molecule has 1 rings (SSSR count). The molecule has 0 radical (unpaired) electrons. The van der Waals surface area contributed by atoms with Crippen molar-refractivity contribution < 1.29 is 14.4 Å². The van der Waals surface area contributed by atoms with Crippen molar-refractivity contribution in [3.63, 3.8) is 0 Å². The largest absolute Gasteiger partial charge is 0.361 e. The van der Waals surface area contributed by atoms with Crippen LogP contribution in [0.4, 0.5) is 4.79 Å². The van der Waals surface area contributed by atoms with Crippen LogP contribution in [0.5, 0.6) is 0 Å². The molecule has 1 aliphatic rings. The monoisotopic (exact) mass is 509 g/mol. The fourth-order valence-corrected chi connectivity index (χ4v) is 3.40. The van der Waals surface area contributed by atoms with E-state index in [9.17, 15) is 9.59 Å². The lowest BCUT2D eigenvalue weighted by Crippen LogP contribution is -2.63. The zero-order chi connectivity index (χ0) is 20.5. The number of primary amides is 1. The maximum Gasteiger partial charge on any atom is 0.273 e. The topological polar surface area (TPSA) is 108 Å². The van der Waals surface area contributed by atoms with E-state index in [-0.39, 0.29) is 0 Å². The minimum absolute atomic E-state index is 0.442. The lowest BCUT2D eigenvalue weighted by atomic mass is 10.2. The molecular formula is C11H17Cl6N5O3S. The number of hydrogen-bond acceptors (Lipinski definition) is 5. The van der Waals surface area contributed by atoms with Crippen LogP contribution in [0.25, 0.3) is 0 Å². The number of rotatable bonds is 6. The minimum atomic E-state index is -1.68. The number of nitrogens with zero attached hydrogens (tertiary/aromatic N) is 2. The molecule has 0 saturated carbocycles. The zero-order valence-electron chi connectivity index (χ0n) is 13.0. The highest BCUT2D eigenvalue weighted by atomic mass is 35.6. The van der Waals surface area contributed by atoms with Crippen molar-refractivity contribution in [3.05, 3.63) is 0 Å². The maximum absolute atomic E-state index is 10.7. The third-order valence-corrected chi connectivity index (χ3v) is 4.39. The average molecular weight is 512 g/mol. The second-order valence-corrected chi connectivity index (χ2v) is 10.0. The lowest BCUT2D eigenvalue weighted by molar-refractivity contribution is -0.113. The summed E-state index contributed by atoms with van der Waals surface area (Å²) < 4.78 is -3.36. The summed E-state index contributed by atoms with van der Waals surface area (Å²) >= 11 is 38.3. The minimum Gasteiger partial charge on any atom is -0.361 e. The first-order valence-electron chi connectivity index (χ1n) is 6.84. The maximum atomic E-state index is 10.7. The molecule has 15 heteroatoms. The van der Waals surface area contributed by atoms with Crippen molar-refractivity contribution in [2.45, 2.75) is 19.9 Å². The Balaban J connectivity index is 0.00000141. The van der Waals surface area contributed by atoms with Gasteiger partial charge in [0, 0.05) is 26.2 Å². The molecule has 1 heterocycles. The number of thiol groups is 1. The SMILES string of the molecule is NC(=O)S.O=CNC(N1CCN(C(NC=O)C(Cl)(Cl)Cl)CC1)C(Cl)(Cl)Cl. The van der Waals surface area contributed by atoms with Crippen LogP contribution in [0.2, 0.25) is 0 Å². The lowest BCUT2D eigenvalue weighted by Gasteiger charge is -2.44. The first-order valence-corrected chi connectivity index (χ1v) is 9.55. The molecule has 0 aromatic carbocycles. The average Bonchev–Trinajstić information content (AvgIpc) is 2.48. The van der Waals surface area contributed by atoms with Gasteiger partial charge >= 0.3 is 0 Å². The van der Waals surface area contributed by atoms with Gasteiger partial charge in [-0.25, -0.2) is 0 Å². The van der Waals surface area contributed by atoms with E-state index in [0.29, 0.717) is 39.0 Å². The highest BCUT2D eigenvalue weighted by Gasteiger charge is 2.42. The van der Waals surface area contributed by atoms with Gasteiger partial charge in [0.2, 0.25) is 20.4 Å². The number of piperazine rings is 1. The summed E-state index contributed by atoms with van der Waals surface area (Å²) in [4.78, 5) is 34.0. The summed E-state index contributed by atoms with van der Waals surface area (Å²) in [6, 6.07) is 0. The van der Waals surface area contributed by atoms with E-state index in [0.717, 1.165) is 0 Å². The Morgan fingerprint density at radius 1 is 0.885 bits per heavy atom. The Labute approximate surface area is 186 Å². The van der Waals surface area contributed by atoms with Crippen LogP contribution in [0.3, 0.4) is 0 Å². The number of hydrogen-bond donors (Lipinski definition) is 4. The number of amides is 3. The van der Waals surface area contributed by atoms with Crippen molar-refractivity contribution in [2.24, 2.45) is 5.73 Å². The van der Waals surface area contributed by atoms with Gasteiger partial charge in [0.15, 0.2) is 0 Å². The van der Waals surface area contributed by atoms with Gasteiger partial charge in [-0.05, 0) is 0 Å². The Morgan fingerprint density at radius 3 is 1.27 bits per heavy atom. The van der Waals surface area contributed by atoms with Gasteiger partial charge in [-0.3, -0.25) is 24.2 Å². The molecule has 1 aliphatic heterocycles. The van der Waals surface area contributed by atoms with E-state index >= 15 is 0 Å². The van der Waals surface area contributed by atoms with Crippen molar-refractivity contribution >= 4 is 100 Å². The Bertz CT molecular complexity index is 430. The third kappa shape index (κ3) is 10.1. The van der Waals surface area contributed by atoms with Gasteiger partial charge in [-0.15, -0.1) is 0 Å². The van der Waals surface area contributed by atoms with Gasteiger partial charge in [-0.2, -0.15) is 0 Å². The Hall–Kier alpha value is 0.420. The standard InChI is InChI=1S/C10H14Cl6N4O2.CH3NOS/c11-9(12,13)7(17-5-21)19-1-2-20(4-3-19)8(18-6-22)10(14,15)16;2-1(3)4/h5-8H,1-4H2,(H,17,21)(H,18,22);(H3,2,3,4). The summed E-state index contributed by atoms with van der Waals surface area (Å²) in [5.74, 6) is 0. The number of alkyl halides is 6. The molecule has 2 unspecified atom stereocenters. The van der Waals surface area contributed by atoms with Crippen molar-refractivity contribution in [2.75, 3.05) is 26.2 Å². The van der Waals surface area contributed by atoms with Gasteiger partial charge < -0.3 is 16.4 Å². The molecule has 2 atom stereocenters. The molecule has 0 aromatic rings. The predicted molar refractivity (Wildman–Crippen MR) is 108 cm³/mol. The van der Waals surface area contributed by atoms with Crippen LogP contribution in [0, 0.1) is 0 Å². The smallest absolute Gasteiger partial charge is 0.273 e. The van der Waals surface area contributed by atoms with Gasteiger partial charge in [0.25, 0.3) is 5.24 Å². The molecule has 1 saturated heterocycles. The van der Waals surface area contributed by atoms with Crippen LogP contribution >= 0.6 is 82.2 Å². The van der Waals surface area contributed by atoms with Crippen LogP contribution in [-0.4, -0.2) is 74.0 Å². The van der Waals surface area contributed by atoms with E-state index in [1.165, 1.54) is 0 Å². The zero-order valence-corrected chi connectivity index (χ0v) is 18.5. The quantitative estimate of drug-likeness (QED) is 0.245. The predicted octanol–water partition coefficient (Wildman–Crippen LogP) is 1.48. The number of nitrogens with two attached hydrogens (primary N) is 1. The molecule has 26 heavy (non-hydrogen) atoms. The fraction of sp³-hybridized carbons (Fsp3) is 0.727. The number of carbonyl (C=O) groups is 3.